The number of rotatable bonds is 4. The highest BCUT2D eigenvalue weighted by Gasteiger charge is 2.24. The maximum absolute atomic E-state index is 13.9. The number of hydrogen-bond acceptors (Lipinski definition) is 7. The number of halogens is 3. The molecule has 0 amide bonds. The molecule has 0 radical (unpaired) electrons. The van der Waals surface area contributed by atoms with Crippen LogP contribution in [0.4, 0.5) is 20.5 Å². The van der Waals surface area contributed by atoms with Crippen molar-refractivity contribution in [2.75, 3.05) is 62.3 Å². The quantitative estimate of drug-likeness (QED) is 0.653. The number of aromatic nitrogens is 4. The zero-order valence-corrected chi connectivity index (χ0v) is 17.7. The molecule has 2 fully saturated rings. The maximum Gasteiger partial charge on any atom is 0.296 e. The number of nitrogens with zero attached hydrogens (tertiary/aromatic N) is 6. The largest absolute Gasteiger partial charge is 0.378 e. The molecule has 0 atom stereocenters. The van der Waals surface area contributed by atoms with E-state index in [1.165, 1.54) is 4.57 Å². The second kappa shape index (κ2) is 9.29. The SMILES string of the molecule is Cl.FC(F)c1nc2ccccc2n1-c1cc(N2CCNCC2)nc(N2CCOCC2)n1. The Balaban J connectivity index is 0.00000231. The van der Waals surface area contributed by atoms with Gasteiger partial charge in [0.1, 0.15) is 11.6 Å². The van der Waals surface area contributed by atoms with Crippen LogP contribution < -0.4 is 15.1 Å². The van der Waals surface area contributed by atoms with Crippen molar-refractivity contribution >= 4 is 35.2 Å². The topological polar surface area (TPSA) is 71.3 Å². The number of hydrogen-bond donors (Lipinski definition) is 1. The first-order valence-corrected chi connectivity index (χ1v) is 10.1. The highest BCUT2D eigenvalue weighted by molar-refractivity contribution is 5.85. The second-order valence-corrected chi connectivity index (χ2v) is 7.32. The molecule has 8 nitrogen and oxygen atoms in total. The van der Waals surface area contributed by atoms with E-state index in [-0.39, 0.29) is 18.2 Å². The monoisotopic (exact) mass is 451 g/mol. The van der Waals surface area contributed by atoms with Crippen LogP contribution in [0, 0.1) is 0 Å². The molecule has 2 aromatic heterocycles. The van der Waals surface area contributed by atoms with Crippen molar-refractivity contribution in [1.29, 1.82) is 0 Å². The van der Waals surface area contributed by atoms with Crippen LogP contribution in [0.25, 0.3) is 16.9 Å². The summed E-state index contributed by atoms with van der Waals surface area (Å²) >= 11 is 0. The standard InChI is InChI=1S/C20H23F2N7O.ClH/c21-18(22)19-24-14-3-1-2-4-15(14)29(19)17-13-16(27-7-5-23-6-8-27)25-20(26-17)28-9-11-30-12-10-28;/h1-4,13,18,23H,5-12H2;1H. The number of fused-ring (bicyclic) bond motifs is 1. The number of anilines is 2. The molecule has 0 saturated carbocycles. The van der Waals surface area contributed by atoms with Gasteiger partial charge in [-0.05, 0) is 12.1 Å². The molecule has 0 aliphatic carbocycles. The minimum absolute atomic E-state index is 0. The third-order valence-electron chi connectivity index (χ3n) is 5.43. The number of nitrogens with one attached hydrogen (secondary N) is 1. The first-order chi connectivity index (χ1) is 14.7. The maximum atomic E-state index is 13.9. The van der Waals surface area contributed by atoms with Crippen molar-refractivity contribution in [2.45, 2.75) is 6.43 Å². The summed E-state index contributed by atoms with van der Waals surface area (Å²) in [4.78, 5) is 17.8. The fourth-order valence-electron chi connectivity index (χ4n) is 3.92. The number of para-hydroxylation sites is 2. The summed E-state index contributed by atoms with van der Waals surface area (Å²) in [7, 11) is 0. The molecule has 31 heavy (non-hydrogen) atoms. The zero-order chi connectivity index (χ0) is 20.5. The Morgan fingerprint density at radius 3 is 2.35 bits per heavy atom. The van der Waals surface area contributed by atoms with E-state index in [4.69, 9.17) is 14.7 Å². The van der Waals surface area contributed by atoms with Gasteiger partial charge in [-0.1, -0.05) is 12.1 Å². The highest BCUT2D eigenvalue weighted by atomic mass is 35.5. The lowest BCUT2D eigenvalue weighted by Gasteiger charge is -2.31. The van der Waals surface area contributed by atoms with Crippen molar-refractivity contribution < 1.29 is 13.5 Å². The van der Waals surface area contributed by atoms with E-state index >= 15 is 0 Å². The molecule has 2 saturated heterocycles. The highest BCUT2D eigenvalue weighted by Crippen LogP contribution is 2.29. The van der Waals surface area contributed by atoms with Crippen LogP contribution in [-0.2, 0) is 4.74 Å². The van der Waals surface area contributed by atoms with Gasteiger partial charge in [-0.25, -0.2) is 13.8 Å². The summed E-state index contributed by atoms with van der Waals surface area (Å²) in [6, 6.07) is 8.92. The number of piperazine rings is 1. The molecule has 1 N–H and O–H groups in total. The van der Waals surface area contributed by atoms with Crippen molar-refractivity contribution in [3.8, 4) is 5.82 Å². The Bertz CT molecular complexity index is 999. The molecule has 3 aromatic rings. The smallest absolute Gasteiger partial charge is 0.296 e. The predicted molar refractivity (Wildman–Crippen MR) is 117 cm³/mol. The van der Waals surface area contributed by atoms with Crippen LogP contribution in [0.2, 0.25) is 0 Å². The van der Waals surface area contributed by atoms with Gasteiger partial charge in [0.15, 0.2) is 5.82 Å². The van der Waals surface area contributed by atoms with Gasteiger partial charge in [-0.15, -0.1) is 12.4 Å². The molecular formula is C20H24ClF2N7O. The predicted octanol–water partition coefficient (Wildman–Crippen LogP) is 2.42. The van der Waals surface area contributed by atoms with Crippen molar-refractivity contribution in [3.63, 3.8) is 0 Å². The number of benzene rings is 1. The average Bonchev–Trinajstić information content (AvgIpc) is 3.20. The van der Waals surface area contributed by atoms with Crippen molar-refractivity contribution in [2.24, 2.45) is 0 Å². The van der Waals surface area contributed by atoms with E-state index in [1.807, 2.05) is 11.0 Å². The Labute approximate surface area is 184 Å². The van der Waals surface area contributed by atoms with Crippen molar-refractivity contribution in [3.05, 3.63) is 36.2 Å². The van der Waals surface area contributed by atoms with E-state index in [0.717, 1.165) is 32.0 Å². The molecule has 1 aromatic carbocycles. The Kier molecular flexibility index (Phi) is 6.49. The molecule has 11 heteroatoms. The van der Waals surface area contributed by atoms with Gasteiger partial charge in [-0.3, -0.25) is 4.57 Å². The Morgan fingerprint density at radius 2 is 1.61 bits per heavy atom. The van der Waals surface area contributed by atoms with Crippen LogP contribution in [0.3, 0.4) is 0 Å². The van der Waals surface area contributed by atoms with Gasteiger partial charge >= 0.3 is 0 Å². The first-order valence-electron chi connectivity index (χ1n) is 10.1. The minimum atomic E-state index is -2.72. The summed E-state index contributed by atoms with van der Waals surface area (Å²) in [5.41, 5.74) is 1.12. The number of imidazole rings is 1. The molecule has 166 valence electrons. The summed E-state index contributed by atoms with van der Waals surface area (Å²) in [5, 5.41) is 3.33. The first kappa shape index (κ1) is 21.7. The van der Waals surface area contributed by atoms with Gasteiger partial charge in [0.25, 0.3) is 6.43 Å². The molecule has 5 rings (SSSR count). The molecule has 4 heterocycles. The lowest BCUT2D eigenvalue weighted by atomic mass is 10.3. The van der Waals surface area contributed by atoms with E-state index in [9.17, 15) is 8.78 Å². The minimum Gasteiger partial charge on any atom is -0.378 e. The van der Waals surface area contributed by atoms with E-state index in [0.29, 0.717) is 49.1 Å². The van der Waals surface area contributed by atoms with E-state index < -0.39 is 6.43 Å². The fourth-order valence-corrected chi connectivity index (χ4v) is 3.92. The van der Waals surface area contributed by atoms with Crippen LogP contribution in [0.1, 0.15) is 12.2 Å². The number of alkyl halides is 2. The summed E-state index contributed by atoms with van der Waals surface area (Å²) < 4.78 is 34.7. The lowest BCUT2D eigenvalue weighted by Crippen LogP contribution is -2.44. The van der Waals surface area contributed by atoms with Gasteiger partial charge in [0.2, 0.25) is 5.95 Å². The number of morpholine rings is 1. The molecule has 0 bridgehead atoms. The van der Waals surface area contributed by atoms with Crippen molar-refractivity contribution in [1.82, 2.24) is 24.8 Å². The third-order valence-corrected chi connectivity index (χ3v) is 5.43. The molecular weight excluding hydrogens is 428 g/mol. The van der Waals surface area contributed by atoms with Gasteiger partial charge in [-0.2, -0.15) is 9.97 Å². The van der Waals surface area contributed by atoms with Crippen LogP contribution in [0.5, 0.6) is 0 Å². The van der Waals surface area contributed by atoms with Gasteiger partial charge in [0.05, 0.1) is 24.2 Å². The van der Waals surface area contributed by atoms with E-state index in [1.54, 1.807) is 24.3 Å². The summed E-state index contributed by atoms with van der Waals surface area (Å²) in [5.74, 6) is 1.36. The summed E-state index contributed by atoms with van der Waals surface area (Å²) in [6.07, 6.45) is -2.72. The van der Waals surface area contributed by atoms with Gasteiger partial charge < -0.3 is 19.9 Å². The fraction of sp³-hybridized carbons (Fsp3) is 0.450. The zero-order valence-electron chi connectivity index (χ0n) is 16.9. The average molecular weight is 452 g/mol. The third kappa shape index (κ3) is 4.28. The second-order valence-electron chi connectivity index (χ2n) is 7.32. The van der Waals surface area contributed by atoms with Crippen LogP contribution in [-0.4, -0.2) is 72.0 Å². The molecule has 0 unspecified atom stereocenters. The lowest BCUT2D eigenvalue weighted by molar-refractivity contribution is 0.122. The summed E-state index contributed by atoms with van der Waals surface area (Å²) in [6.45, 7) is 5.80. The van der Waals surface area contributed by atoms with Crippen LogP contribution in [0.15, 0.2) is 30.3 Å². The molecule has 2 aliphatic heterocycles. The Hall–Kier alpha value is -2.56. The Morgan fingerprint density at radius 1 is 0.903 bits per heavy atom. The van der Waals surface area contributed by atoms with E-state index in [2.05, 4.69) is 15.2 Å². The molecule has 0 spiro atoms. The van der Waals surface area contributed by atoms with Gasteiger partial charge in [0, 0.05) is 45.3 Å². The number of ether oxygens (including phenoxy) is 1. The normalized spacial score (nSPS) is 17.3. The molecule has 2 aliphatic rings. The van der Waals surface area contributed by atoms with Crippen LogP contribution >= 0.6 is 12.4 Å².